The van der Waals surface area contributed by atoms with Crippen LogP contribution in [0.25, 0.3) is 11.0 Å². The lowest BCUT2D eigenvalue weighted by atomic mass is 9.87. The topological polar surface area (TPSA) is 75.0 Å². The third-order valence-electron chi connectivity index (χ3n) is 4.66. The molecule has 0 aliphatic rings. The van der Waals surface area contributed by atoms with Crippen molar-refractivity contribution in [3.63, 3.8) is 0 Å². The van der Waals surface area contributed by atoms with E-state index in [2.05, 4.69) is 20.8 Å². The Labute approximate surface area is 181 Å². The molecule has 164 valence electrons. The van der Waals surface area contributed by atoms with Crippen molar-refractivity contribution in [2.75, 3.05) is 0 Å². The number of hydrogen-bond donors (Lipinski definition) is 0. The summed E-state index contributed by atoms with van der Waals surface area (Å²) in [5.41, 5.74) is 1.25. The molecule has 3 rings (SSSR count). The van der Waals surface area contributed by atoms with Crippen LogP contribution in [0.5, 0.6) is 17.2 Å². The van der Waals surface area contributed by atoms with Gasteiger partial charge >= 0.3 is 5.97 Å². The van der Waals surface area contributed by atoms with E-state index in [1.165, 1.54) is 11.8 Å². The molecule has 3 aromatic rings. The molecule has 1 heterocycles. The summed E-state index contributed by atoms with van der Waals surface area (Å²) in [5, 5.41) is 0.355. The second-order valence-corrected chi connectivity index (χ2v) is 8.71. The van der Waals surface area contributed by atoms with E-state index in [9.17, 15) is 9.59 Å². The molecule has 0 spiro atoms. The van der Waals surface area contributed by atoms with E-state index < -0.39 is 12.1 Å². The Hall–Kier alpha value is -3.28. The van der Waals surface area contributed by atoms with Crippen LogP contribution in [0, 0.1) is 0 Å². The molecular formula is C25H28O6. The van der Waals surface area contributed by atoms with Crippen molar-refractivity contribution in [1.29, 1.82) is 0 Å². The van der Waals surface area contributed by atoms with Gasteiger partial charge in [-0.25, -0.2) is 4.79 Å². The van der Waals surface area contributed by atoms with Gasteiger partial charge in [-0.05, 0) is 56.0 Å². The molecule has 6 heteroatoms. The predicted molar refractivity (Wildman–Crippen MR) is 119 cm³/mol. The first-order chi connectivity index (χ1) is 14.5. The van der Waals surface area contributed by atoms with Gasteiger partial charge in [0.15, 0.2) is 6.10 Å². The lowest BCUT2D eigenvalue weighted by Crippen LogP contribution is -2.28. The summed E-state index contributed by atoms with van der Waals surface area (Å²) >= 11 is 0. The third-order valence-corrected chi connectivity index (χ3v) is 4.66. The molecule has 0 bridgehead atoms. The molecule has 0 aliphatic carbocycles. The van der Waals surface area contributed by atoms with Crippen LogP contribution in [0.3, 0.4) is 0 Å². The first kappa shape index (κ1) is 22.4. The van der Waals surface area contributed by atoms with Crippen LogP contribution in [0.2, 0.25) is 0 Å². The molecule has 0 saturated carbocycles. The van der Waals surface area contributed by atoms with Gasteiger partial charge in [-0.3, -0.25) is 4.79 Å². The van der Waals surface area contributed by atoms with Gasteiger partial charge in [0.1, 0.15) is 23.3 Å². The van der Waals surface area contributed by atoms with Gasteiger partial charge in [-0.2, -0.15) is 0 Å². The SMILES string of the molecule is CC(C)OC(=O)[C@@H](C)Oc1ccc2c(=O)c(Oc3ccc(C(C)(C)C)cc3)coc2c1. The minimum Gasteiger partial charge on any atom is -0.479 e. The number of hydrogen-bond acceptors (Lipinski definition) is 6. The normalized spacial score (nSPS) is 12.6. The Morgan fingerprint density at radius 3 is 2.23 bits per heavy atom. The molecule has 2 aromatic carbocycles. The largest absolute Gasteiger partial charge is 0.479 e. The minimum atomic E-state index is -0.787. The summed E-state index contributed by atoms with van der Waals surface area (Å²) in [6.07, 6.45) is 0.268. The van der Waals surface area contributed by atoms with E-state index in [1.54, 1.807) is 39.0 Å². The van der Waals surface area contributed by atoms with Crippen LogP contribution in [0.1, 0.15) is 47.1 Å². The summed E-state index contributed by atoms with van der Waals surface area (Å²) in [4.78, 5) is 24.8. The molecule has 0 N–H and O–H groups in total. The van der Waals surface area contributed by atoms with E-state index in [1.807, 2.05) is 24.3 Å². The average Bonchev–Trinajstić information content (AvgIpc) is 2.69. The zero-order valence-electron chi connectivity index (χ0n) is 18.7. The lowest BCUT2D eigenvalue weighted by molar-refractivity contribution is -0.154. The van der Waals surface area contributed by atoms with E-state index in [0.717, 1.165) is 0 Å². The molecule has 0 aliphatic heterocycles. The van der Waals surface area contributed by atoms with Crippen molar-refractivity contribution < 1.29 is 23.4 Å². The fourth-order valence-electron chi connectivity index (χ4n) is 2.97. The van der Waals surface area contributed by atoms with Crippen molar-refractivity contribution in [3.05, 3.63) is 64.5 Å². The first-order valence-electron chi connectivity index (χ1n) is 10.3. The van der Waals surface area contributed by atoms with Gasteiger partial charge in [0.2, 0.25) is 11.2 Å². The molecule has 0 saturated heterocycles. The van der Waals surface area contributed by atoms with E-state index >= 15 is 0 Å². The fraction of sp³-hybridized carbons (Fsp3) is 0.360. The summed E-state index contributed by atoms with van der Waals surface area (Å²) < 4.78 is 22.1. The number of carbonyl (C=O) groups excluding carboxylic acids is 1. The van der Waals surface area contributed by atoms with Gasteiger partial charge in [0, 0.05) is 6.07 Å². The quantitative estimate of drug-likeness (QED) is 0.479. The second kappa shape index (κ2) is 8.84. The van der Waals surface area contributed by atoms with Crippen LogP contribution in [0.4, 0.5) is 0 Å². The van der Waals surface area contributed by atoms with E-state index in [-0.39, 0.29) is 22.7 Å². The van der Waals surface area contributed by atoms with E-state index in [4.69, 9.17) is 18.6 Å². The highest BCUT2D eigenvalue weighted by atomic mass is 16.6. The second-order valence-electron chi connectivity index (χ2n) is 8.71. The summed E-state index contributed by atoms with van der Waals surface area (Å²) in [6.45, 7) is 11.5. The monoisotopic (exact) mass is 424 g/mol. The van der Waals surface area contributed by atoms with Crippen molar-refractivity contribution in [3.8, 4) is 17.2 Å². The molecule has 6 nitrogen and oxygen atoms in total. The molecular weight excluding hydrogens is 396 g/mol. The number of esters is 1. The Bertz CT molecular complexity index is 1120. The fourth-order valence-corrected chi connectivity index (χ4v) is 2.97. The van der Waals surface area contributed by atoms with Crippen molar-refractivity contribution in [2.45, 2.75) is 59.2 Å². The molecule has 31 heavy (non-hydrogen) atoms. The number of ether oxygens (including phenoxy) is 3. The predicted octanol–water partition coefficient (Wildman–Crippen LogP) is 5.60. The summed E-state index contributed by atoms with van der Waals surface area (Å²) in [5.74, 6) is 0.587. The highest BCUT2D eigenvalue weighted by Crippen LogP contribution is 2.27. The average molecular weight is 424 g/mol. The zero-order valence-corrected chi connectivity index (χ0v) is 18.7. The molecule has 1 aromatic heterocycles. The van der Waals surface area contributed by atoms with Crippen LogP contribution < -0.4 is 14.9 Å². The molecule has 0 unspecified atom stereocenters. The maximum Gasteiger partial charge on any atom is 0.347 e. The number of fused-ring (bicyclic) bond motifs is 1. The number of rotatable bonds is 6. The van der Waals surface area contributed by atoms with E-state index in [0.29, 0.717) is 22.5 Å². The minimum absolute atomic E-state index is 0.0311. The summed E-state index contributed by atoms with van der Waals surface area (Å²) in [7, 11) is 0. The maximum absolute atomic E-state index is 12.8. The van der Waals surface area contributed by atoms with Crippen molar-refractivity contribution in [2.24, 2.45) is 0 Å². The van der Waals surface area contributed by atoms with Gasteiger partial charge in [-0.15, -0.1) is 0 Å². The number of benzene rings is 2. The van der Waals surface area contributed by atoms with Crippen LogP contribution in [-0.2, 0) is 14.9 Å². The molecule has 0 radical (unpaired) electrons. The molecule has 1 atom stereocenters. The third kappa shape index (κ3) is 5.45. The highest BCUT2D eigenvalue weighted by molar-refractivity contribution is 5.79. The van der Waals surface area contributed by atoms with Gasteiger partial charge in [0.05, 0.1) is 11.5 Å². The summed E-state index contributed by atoms with van der Waals surface area (Å²) in [6, 6.07) is 12.4. The van der Waals surface area contributed by atoms with Crippen molar-refractivity contribution >= 4 is 16.9 Å². The lowest BCUT2D eigenvalue weighted by Gasteiger charge is -2.19. The van der Waals surface area contributed by atoms with Gasteiger partial charge < -0.3 is 18.6 Å². The van der Waals surface area contributed by atoms with Crippen LogP contribution in [0.15, 0.2) is 57.9 Å². The molecule has 0 amide bonds. The Balaban J connectivity index is 1.79. The van der Waals surface area contributed by atoms with Crippen LogP contribution >= 0.6 is 0 Å². The number of carbonyl (C=O) groups is 1. The highest BCUT2D eigenvalue weighted by Gasteiger charge is 2.19. The van der Waals surface area contributed by atoms with Crippen molar-refractivity contribution in [1.82, 2.24) is 0 Å². The Morgan fingerprint density at radius 2 is 1.61 bits per heavy atom. The molecule has 0 fully saturated rings. The van der Waals surface area contributed by atoms with Crippen LogP contribution in [-0.4, -0.2) is 18.2 Å². The Kier molecular flexibility index (Phi) is 6.39. The Morgan fingerprint density at radius 1 is 0.968 bits per heavy atom. The smallest absolute Gasteiger partial charge is 0.347 e. The standard InChI is InChI=1S/C25H28O6/c1-15(2)29-24(27)16(3)30-19-11-12-20-21(13-19)28-14-22(23(20)26)31-18-9-7-17(8-10-18)25(4,5)6/h7-16H,1-6H3/t16-/m1/s1. The van der Waals surface area contributed by atoms with Gasteiger partial charge in [-0.1, -0.05) is 32.9 Å². The first-order valence-corrected chi connectivity index (χ1v) is 10.3. The zero-order chi connectivity index (χ0) is 22.8. The van der Waals surface area contributed by atoms with Gasteiger partial charge in [0.25, 0.3) is 0 Å². The maximum atomic E-state index is 12.8.